The van der Waals surface area contributed by atoms with Crippen LogP contribution in [0.25, 0.3) is 0 Å². The first-order valence-electron chi connectivity index (χ1n) is 4.86. The molecule has 7 heteroatoms. The van der Waals surface area contributed by atoms with Gasteiger partial charge in [0, 0.05) is 18.1 Å². The molecule has 0 saturated heterocycles. The molecule has 92 valence electrons. The van der Waals surface area contributed by atoms with Gasteiger partial charge in [0.2, 0.25) is 0 Å². The molecule has 1 heterocycles. The maximum atomic E-state index is 11.7. The Bertz CT molecular complexity index is 289. The van der Waals surface area contributed by atoms with E-state index in [4.69, 9.17) is 0 Å². The molecule has 0 aliphatic heterocycles. The van der Waals surface area contributed by atoms with E-state index in [9.17, 15) is 13.2 Å². The fourth-order valence-corrected chi connectivity index (χ4v) is 2.01. The van der Waals surface area contributed by atoms with Crippen molar-refractivity contribution in [1.82, 2.24) is 10.3 Å². The zero-order chi connectivity index (χ0) is 12.0. The van der Waals surface area contributed by atoms with Gasteiger partial charge < -0.3 is 5.32 Å². The van der Waals surface area contributed by atoms with Gasteiger partial charge in [0.1, 0.15) is 5.01 Å². The fraction of sp³-hybridized carbons (Fsp3) is 0.667. The average molecular weight is 254 g/mol. The minimum Gasteiger partial charge on any atom is -0.306 e. The van der Waals surface area contributed by atoms with Crippen molar-refractivity contribution in [2.45, 2.75) is 25.7 Å². The number of aromatic nitrogens is 1. The Balaban J connectivity index is 2.25. The summed E-state index contributed by atoms with van der Waals surface area (Å²) in [6.07, 6.45) is -2.10. The quantitative estimate of drug-likeness (QED) is 0.793. The molecule has 0 fully saturated rings. The van der Waals surface area contributed by atoms with Crippen LogP contribution in [0.5, 0.6) is 0 Å². The van der Waals surface area contributed by atoms with Crippen molar-refractivity contribution < 1.29 is 17.9 Å². The third-order valence-electron chi connectivity index (χ3n) is 1.92. The van der Waals surface area contributed by atoms with Crippen molar-refractivity contribution in [3.8, 4) is 0 Å². The largest absolute Gasteiger partial charge is 0.522 e. The number of alkyl halides is 3. The minimum absolute atomic E-state index is 0.00293. The van der Waals surface area contributed by atoms with E-state index in [1.54, 1.807) is 6.20 Å². The predicted molar refractivity (Wildman–Crippen MR) is 55.2 cm³/mol. The van der Waals surface area contributed by atoms with E-state index < -0.39 is 6.36 Å². The first kappa shape index (κ1) is 13.4. The monoisotopic (exact) mass is 254 g/mol. The van der Waals surface area contributed by atoms with E-state index in [1.165, 1.54) is 11.3 Å². The van der Waals surface area contributed by atoms with Crippen LogP contribution in [0.3, 0.4) is 0 Å². The zero-order valence-electron chi connectivity index (χ0n) is 8.75. The standard InChI is InChI=1S/C9H13F3N2OS/c1-2-7(8-14-4-6-16-8)13-3-5-15-9(10,11)12/h4,6-7,13H,2-3,5H2,1H3. The number of thiazole rings is 1. The number of hydrogen-bond donors (Lipinski definition) is 1. The van der Waals surface area contributed by atoms with E-state index in [0.717, 1.165) is 11.4 Å². The minimum atomic E-state index is -4.55. The van der Waals surface area contributed by atoms with E-state index in [2.05, 4.69) is 15.0 Å². The molecule has 0 spiro atoms. The molecule has 1 rings (SSSR count). The Morgan fingerprint density at radius 2 is 2.31 bits per heavy atom. The molecular weight excluding hydrogens is 241 g/mol. The second kappa shape index (κ2) is 6.17. The Kier molecular flexibility index (Phi) is 5.17. The SMILES string of the molecule is CCC(NCCOC(F)(F)F)c1nccs1. The lowest BCUT2D eigenvalue weighted by Gasteiger charge is -2.14. The van der Waals surface area contributed by atoms with Crippen molar-refractivity contribution in [3.05, 3.63) is 16.6 Å². The lowest BCUT2D eigenvalue weighted by molar-refractivity contribution is -0.323. The van der Waals surface area contributed by atoms with E-state index in [1.807, 2.05) is 12.3 Å². The summed E-state index contributed by atoms with van der Waals surface area (Å²) >= 11 is 1.48. The van der Waals surface area contributed by atoms with Gasteiger partial charge in [-0.05, 0) is 6.42 Å². The number of ether oxygens (including phenoxy) is 1. The van der Waals surface area contributed by atoms with Crippen molar-refractivity contribution in [3.63, 3.8) is 0 Å². The maximum Gasteiger partial charge on any atom is 0.522 e. The highest BCUT2D eigenvalue weighted by Gasteiger charge is 2.28. The maximum absolute atomic E-state index is 11.7. The van der Waals surface area contributed by atoms with Crippen molar-refractivity contribution >= 4 is 11.3 Å². The highest BCUT2D eigenvalue weighted by molar-refractivity contribution is 7.09. The summed E-state index contributed by atoms with van der Waals surface area (Å²) in [5.74, 6) is 0. The Hall–Kier alpha value is -0.660. The highest BCUT2D eigenvalue weighted by atomic mass is 32.1. The smallest absolute Gasteiger partial charge is 0.306 e. The van der Waals surface area contributed by atoms with Crippen LogP contribution in [0.1, 0.15) is 24.4 Å². The lowest BCUT2D eigenvalue weighted by Crippen LogP contribution is -2.27. The molecule has 0 aromatic carbocycles. The van der Waals surface area contributed by atoms with Crippen LogP contribution in [-0.4, -0.2) is 24.5 Å². The van der Waals surface area contributed by atoms with Gasteiger partial charge in [-0.2, -0.15) is 0 Å². The van der Waals surface area contributed by atoms with Crippen molar-refractivity contribution in [2.75, 3.05) is 13.2 Å². The Morgan fingerprint density at radius 1 is 1.56 bits per heavy atom. The van der Waals surface area contributed by atoms with Gasteiger partial charge in [0.15, 0.2) is 0 Å². The van der Waals surface area contributed by atoms with Crippen LogP contribution in [0, 0.1) is 0 Å². The van der Waals surface area contributed by atoms with Gasteiger partial charge in [-0.25, -0.2) is 4.98 Å². The normalized spacial score (nSPS) is 14.0. The second-order valence-electron chi connectivity index (χ2n) is 3.08. The van der Waals surface area contributed by atoms with E-state index in [-0.39, 0.29) is 19.2 Å². The summed E-state index contributed by atoms with van der Waals surface area (Å²) in [5, 5.41) is 5.69. The van der Waals surface area contributed by atoms with Gasteiger partial charge in [0.05, 0.1) is 12.6 Å². The molecule has 1 aromatic heterocycles. The highest BCUT2D eigenvalue weighted by Crippen LogP contribution is 2.19. The van der Waals surface area contributed by atoms with Crippen LogP contribution in [0.15, 0.2) is 11.6 Å². The number of nitrogens with one attached hydrogen (secondary N) is 1. The van der Waals surface area contributed by atoms with E-state index >= 15 is 0 Å². The van der Waals surface area contributed by atoms with Gasteiger partial charge in [-0.15, -0.1) is 24.5 Å². The molecule has 1 N–H and O–H groups in total. The summed E-state index contributed by atoms with van der Waals surface area (Å²) in [4.78, 5) is 4.11. The number of nitrogens with zero attached hydrogens (tertiary/aromatic N) is 1. The van der Waals surface area contributed by atoms with Crippen molar-refractivity contribution in [1.29, 1.82) is 0 Å². The molecule has 0 saturated carbocycles. The summed E-state index contributed by atoms with van der Waals surface area (Å²) < 4.78 is 38.7. The molecule has 1 unspecified atom stereocenters. The zero-order valence-corrected chi connectivity index (χ0v) is 9.57. The predicted octanol–water partition coefficient (Wildman–Crippen LogP) is 2.72. The molecule has 0 bridgehead atoms. The molecule has 0 aliphatic carbocycles. The van der Waals surface area contributed by atoms with Gasteiger partial charge in [0.25, 0.3) is 0 Å². The van der Waals surface area contributed by atoms with Crippen LogP contribution in [-0.2, 0) is 4.74 Å². The molecule has 0 aliphatic rings. The first-order valence-corrected chi connectivity index (χ1v) is 5.74. The summed E-state index contributed by atoms with van der Waals surface area (Å²) in [7, 11) is 0. The number of halogens is 3. The molecular formula is C9H13F3N2OS. The van der Waals surface area contributed by atoms with Gasteiger partial charge >= 0.3 is 6.36 Å². The Labute approximate surface area is 95.6 Å². The number of hydrogen-bond acceptors (Lipinski definition) is 4. The molecule has 0 radical (unpaired) electrons. The van der Waals surface area contributed by atoms with Crippen LogP contribution < -0.4 is 5.32 Å². The van der Waals surface area contributed by atoms with Crippen molar-refractivity contribution in [2.24, 2.45) is 0 Å². The topological polar surface area (TPSA) is 34.1 Å². The lowest BCUT2D eigenvalue weighted by atomic mass is 10.2. The molecule has 16 heavy (non-hydrogen) atoms. The third kappa shape index (κ3) is 4.91. The second-order valence-corrected chi connectivity index (χ2v) is 4.01. The van der Waals surface area contributed by atoms with Gasteiger partial charge in [-0.3, -0.25) is 4.74 Å². The van der Waals surface area contributed by atoms with Crippen LogP contribution >= 0.6 is 11.3 Å². The van der Waals surface area contributed by atoms with Crippen LogP contribution in [0.2, 0.25) is 0 Å². The summed E-state index contributed by atoms with van der Waals surface area (Å²) in [5.41, 5.74) is 0. The summed E-state index contributed by atoms with van der Waals surface area (Å²) in [6, 6.07) is -0.00293. The van der Waals surface area contributed by atoms with Gasteiger partial charge in [-0.1, -0.05) is 6.92 Å². The van der Waals surface area contributed by atoms with E-state index in [0.29, 0.717) is 0 Å². The Morgan fingerprint density at radius 3 is 2.81 bits per heavy atom. The molecule has 3 nitrogen and oxygen atoms in total. The average Bonchev–Trinajstić information content (AvgIpc) is 2.69. The molecule has 1 atom stereocenters. The molecule has 0 amide bonds. The van der Waals surface area contributed by atoms with Crippen LogP contribution in [0.4, 0.5) is 13.2 Å². The fourth-order valence-electron chi connectivity index (χ4n) is 1.21. The first-order chi connectivity index (χ1) is 7.53. The third-order valence-corrected chi connectivity index (χ3v) is 2.81. The number of rotatable bonds is 6. The summed E-state index contributed by atoms with van der Waals surface area (Å²) in [6.45, 7) is 1.71. The molecule has 1 aromatic rings.